The quantitative estimate of drug-likeness (QED) is 0.548. The molecule has 0 heterocycles. The molecule has 0 aromatic heterocycles. The number of ether oxygens (including phenoxy) is 1. The summed E-state index contributed by atoms with van der Waals surface area (Å²) < 4.78 is 4.48. The smallest absolute Gasteiger partial charge is 0.313 e. The average molecular weight is 373 g/mol. The molecule has 2 nitrogen and oxygen atoms in total. The first-order chi connectivity index (χ1) is 4.84. The molecule has 0 atom stereocenters. The first-order valence-corrected chi connectivity index (χ1v) is 2.89. The van der Waals surface area contributed by atoms with E-state index in [2.05, 4.69) is 10.8 Å². The molecule has 0 bridgehead atoms. The monoisotopic (exact) mass is 373 g/mol. The van der Waals surface area contributed by atoms with Crippen LogP contribution in [-0.2, 0) is 4.74 Å². The van der Waals surface area contributed by atoms with Crippen LogP contribution in [0.15, 0.2) is 24.3 Å². The maximum absolute atomic E-state index is 10.8. The van der Waals surface area contributed by atoms with Gasteiger partial charge in [0.05, 0.1) is 7.11 Å². The van der Waals surface area contributed by atoms with Crippen molar-refractivity contribution in [3.63, 3.8) is 0 Å². The molecule has 11 heavy (non-hydrogen) atoms. The van der Waals surface area contributed by atoms with E-state index < -0.39 is 0 Å². The van der Waals surface area contributed by atoms with E-state index in [-0.39, 0.29) is 37.1 Å². The Labute approximate surface area is 89.3 Å². The van der Waals surface area contributed by atoms with Crippen molar-refractivity contribution in [1.82, 2.24) is 0 Å². The molecule has 0 saturated heterocycles. The maximum Gasteiger partial charge on any atom is 0.313 e. The summed E-state index contributed by atoms with van der Waals surface area (Å²) in [5.41, 5.74) is 0.557. The predicted octanol–water partition coefficient (Wildman–Crippen LogP) is 1.27. The fraction of sp³-hybridized carbons (Fsp3) is 0.125. The van der Waals surface area contributed by atoms with Crippen molar-refractivity contribution >= 4 is 5.97 Å². The maximum atomic E-state index is 10.8. The van der Waals surface area contributed by atoms with Crippen LogP contribution in [0.4, 0.5) is 0 Å². The van der Waals surface area contributed by atoms with Gasteiger partial charge in [-0.2, -0.15) is 30.3 Å². The topological polar surface area (TPSA) is 26.3 Å². The molecule has 0 aliphatic heterocycles. The molecule has 1 aromatic rings. The predicted molar refractivity (Wildman–Crippen MR) is 36.6 cm³/mol. The Bertz CT molecular complexity index is 221. The van der Waals surface area contributed by atoms with E-state index in [1.165, 1.54) is 7.11 Å². The minimum absolute atomic E-state index is 0. The Morgan fingerprint density at radius 3 is 2.45 bits per heavy atom. The van der Waals surface area contributed by atoms with E-state index in [1.807, 2.05) is 0 Å². The summed E-state index contributed by atoms with van der Waals surface area (Å²) in [5, 5.41) is 0. The van der Waals surface area contributed by atoms with Crippen LogP contribution in [-0.4, -0.2) is 13.1 Å². The third kappa shape index (κ3) is 3.09. The zero-order valence-corrected chi connectivity index (χ0v) is 10.3. The van der Waals surface area contributed by atoms with Gasteiger partial charge in [-0.25, -0.2) is 4.79 Å². The fourth-order valence-electron chi connectivity index (χ4n) is 0.641. The Morgan fingerprint density at radius 1 is 1.45 bits per heavy atom. The summed E-state index contributed by atoms with van der Waals surface area (Å²) in [6.07, 6.45) is 0. The van der Waals surface area contributed by atoms with Gasteiger partial charge in [0, 0.05) is 31.1 Å². The Hall–Kier alpha value is -0.258. The van der Waals surface area contributed by atoms with Gasteiger partial charge in [-0.1, -0.05) is 0 Å². The van der Waals surface area contributed by atoms with Gasteiger partial charge >= 0.3 is 5.97 Å². The molecule has 0 aliphatic carbocycles. The van der Waals surface area contributed by atoms with E-state index in [0.717, 1.165) is 0 Å². The van der Waals surface area contributed by atoms with Gasteiger partial charge in [0.25, 0.3) is 0 Å². The molecular formula is C8H7O2U-. The number of carbonyl (C=O) groups excluding carboxylic acids is 1. The van der Waals surface area contributed by atoms with Crippen LogP contribution in [0.3, 0.4) is 0 Å². The molecule has 0 radical (unpaired) electrons. The Kier molecular flexibility index (Phi) is 5.27. The van der Waals surface area contributed by atoms with Gasteiger partial charge in [0.15, 0.2) is 0 Å². The number of rotatable bonds is 1. The minimum atomic E-state index is -0.311. The van der Waals surface area contributed by atoms with Crippen molar-refractivity contribution in [3.8, 4) is 0 Å². The van der Waals surface area contributed by atoms with Crippen LogP contribution < -0.4 is 0 Å². The number of carbonyl (C=O) groups is 1. The second-order valence-electron chi connectivity index (χ2n) is 1.78. The van der Waals surface area contributed by atoms with Crippen LogP contribution in [0, 0.1) is 37.2 Å². The van der Waals surface area contributed by atoms with Gasteiger partial charge in [-0.15, -0.1) is 0 Å². The summed E-state index contributed by atoms with van der Waals surface area (Å²) in [6, 6.07) is 9.47. The summed E-state index contributed by atoms with van der Waals surface area (Å²) in [6.45, 7) is 0. The van der Waals surface area contributed by atoms with Gasteiger partial charge in [0.2, 0.25) is 0 Å². The summed E-state index contributed by atoms with van der Waals surface area (Å²) in [5.74, 6) is -0.311. The van der Waals surface area contributed by atoms with Crippen molar-refractivity contribution in [2.24, 2.45) is 0 Å². The number of benzene rings is 1. The van der Waals surface area contributed by atoms with Crippen molar-refractivity contribution in [2.75, 3.05) is 7.11 Å². The molecule has 1 aromatic carbocycles. The van der Waals surface area contributed by atoms with Crippen LogP contribution in [0.5, 0.6) is 0 Å². The molecule has 0 fully saturated rings. The Balaban J connectivity index is 0.000001000. The van der Waals surface area contributed by atoms with E-state index in [4.69, 9.17) is 0 Å². The van der Waals surface area contributed by atoms with Gasteiger partial charge in [0.1, 0.15) is 0 Å². The third-order valence-electron chi connectivity index (χ3n) is 1.14. The average Bonchev–Trinajstić information content (AvgIpc) is 2.05. The molecule has 0 unspecified atom stereocenters. The largest absolute Gasteiger partial charge is 0.467 e. The molecule has 56 valence electrons. The van der Waals surface area contributed by atoms with E-state index in [1.54, 1.807) is 24.3 Å². The molecule has 0 aliphatic rings. The van der Waals surface area contributed by atoms with Gasteiger partial charge < -0.3 is 4.74 Å². The number of hydrogen-bond donors (Lipinski definition) is 0. The van der Waals surface area contributed by atoms with E-state index in [9.17, 15) is 4.79 Å². The number of methoxy groups -OCH3 is 1. The van der Waals surface area contributed by atoms with Crippen LogP contribution in [0.2, 0.25) is 0 Å². The SMILES string of the molecule is COC(=O)c1cc[c-]cc1.[U]. The number of hydrogen-bond acceptors (Lipinski definition) is 2. The van der Waals surface area contributed by atoms with E-state index in [0.29, 0.717) is 5.56 Å². The van der Waals surface area contributed by atoms with Crippen LogP contribution >= 0.6 is 0 Å². The van der Waals surface area contributed by atoms with Crippen LogP contribution in [0.1, 0.15) is 10.4 Å². The van der Waals surface area contributed by atoms with E-state index >= 15 is 0 Å². The molecule has 0 saturated carbocycles. The van der Waals surface area contributed by atoms with Crippen LogP contribution in [0.25, 0.3) is 0 Å². The summed E-state index contributed by atoms with van der Waals surface area (Å²) >= 11 is 0. The fourth-order valence-corrected chi connectivity index (χ4v) is 0.641. The molecular weight excluding hydrogens is 366 g/mol. The first kappa shape index (κ1) is 10.7. The second-order valence-corrected chi connectivity index (χ2v) is 1.78. The van der Waals surface area contributed by atoms with Crippen molar-refractivity contribution < 1.29 is 40.6 Å². The third-order valence-corrected chi connectivity index (χ3v) is 1.14. The standard InChI is InChI=1S/C8H7O2.U/c1-10-8(9)7-5-3-2-4-6-7;/h3-6H,1H3;/q-1;. The Morgan fingerprint density at radius 2 is 2.00 bits per heavy atom. The van der Waals surface area contributed by atoms with Crippen molar-refractivity contribution in [2.45, 2.75) is 0 Å². The molecule has 0 amide bonds. The second kappa shape index (κ2) is 5.40. The minimum Gasteiger partial charge on any atom is -0.467 e. The summed E-state index contributed by atoms with van der Waals surface area (Å²) in [7, 11) is 1.36. The van der Waals surface area contributed by atoms with Crippen molar-refractivity contribution in [3.05, 3.63) is 35.9 Å². The van der Waals surface area contributed by atoms with Crippen molar-refractivity contribution in [1.29, 1.82) is 0 Å². The van der Waals surface area contributed by atoms with Gasteiger partial charge in [-0.05, 0) is 5.56 Å². The molecule has 0 N–H and O–H groups in total. The normalized spacial score (nSPS) is 8.09. The summed E-state index contributed by atoms with van der Waals surface area (Å²) in [4.78, 5) is 10.8. The zero-order valence-electron chi connectivity index (χ0n) is 6.13. The molecule has 1 rings (SSSR count). The zero-order chi connectivity index (χ0) is 7.40. The number of esters is 1. The van der Waals surface area contributed by atoms with Gasteiger partial charge in [-0.3, -0.25) is 0 Å². The molecule has 0 spiro atoms. The molecule has 3 heteroatoms. The first-order valence-electron chi connectivity index (χ1n) is 2.89.